The third-order valence-electron chi connectivity index (χ3n) is 4.10. The Bertz CT molecular complexity index is 969. The minimum atomic E-state index is -0.461. The minimum absolute atomic E-state index is 0.316. The van der Waals surface area contributed by atoms with Crippen LogP contribution in [-0.2, 0) is 4.79 Å². The zero-order valence-electron chi connectivity index (χ0n) is 13.7. The molecule has 1 fully saturated rings. The van der Waals surface area contributed by atoms with Gasteiger partial charge in [0.25, 0.3) is 11.8 Å². The smallest absolute Gasteiger partial charge is 0.262 e. The predicted molar refractivity (Wildman–Crippen MR) is 105 cm³/mol. The molecule has 0 atom stereocenters. The van der Waals surface area contributed by atoms with Gasteiger partial charge in [-0.3, -0.25) is 24.2 Å². The van der Waals surface area contributed by atoms with E-state index >= 15 is 0 Å². The van der Waals surface area contributed by atoms with Gasteiger partial charge in [0, 0.05) is 10.0 Å². The number of rotatable bonds is 3. The van der Waals surface area contributed by atoms with E-state index in [0.717, 1.165) is 4.90 Å². The summed E-state index contributed by atoms with van der Waals surface area (Å²) >= 11 is 13.3. The number of halogens is 2. The average molecular weight is 420 g/mol. The first-order valence-electron chi connectivity index (χ1n) is 7.87. The van der Waals surface area contributed by atoms with Crippen LogP contribution >= 0.6 is 35.0 Å². The number of nitrogens with zero attached hydrogens (tertiary/aromatic N) is 3. The van der Waals surface area contributed by atoms with Gasteiger partial charge in [-0.25, -0.2) is 4.99 Å². The molecule has 9 heteroatoms. The van der Waals surface area contributed by atoms with Crippen molar-refractivity contribution in [1.82, 2.24) is 9.80 Å². The van der Waals surface area contributed by atoms with Crippen molar-refractivity contribution in [1.29, 1.82) is 0 Å². The van der Waals surface area contributed by atoms with Gasteiger partial charge in [-0.15, -0.1) is 0 Å². The lowest BCUT2D eigenvalue weighted by Crippen LogP contribution is -2.49. The fourth-order valence-electron chi connectivity index (χ4n) is 2.78. The largest absolute Gasteiger partial charge is 0.279 e. The van der Waals surface area contributed by atoms with Crippen molar-refractivity contribution in [3.05, 3.63) is 63.6 Å². The van der Waals surface area contributed by atoms with Crippen molar-refractivity contribution in [3.8, 4) is 0 Å². The Morgan fingerprint density at radius 3 is 2.15 bits per heavy atom. The van der Waals surface area contributed by atoms with Crippen LogP contribution in [0.4, 0.5) is 5.69 Å². The van der Waals surface area contributed by atoms with Crippen LogP contribution in [0.1, 0.15) is 20.7 Å². The average Bonchev–Trinajstić information content (AvgIpc) is 2.83. The van der Waals surface area contributed by atoms with Crippen LogP contribution in [0.3, 0.4) is 0 Å². The SMILES string of the molecule is O=C1c2ccccc2C(=O)N1CC(=O)N1CS/C1=N\c1cc(Cl)cc(Cl)c1. The Morgan fingerprint density at radius 1 is 1.04 bits per heavy atom. The Kier molecular flexibility index (Phi) is 4.67. The van der Waals surface area contributed by atoms with E-state index in [-0.39, 0.29) is 12.5 Å². The summed E-state index contributed by atoms with van der Waals surface area (Å²) in [5.41, 5.74) is 1.15. The first-order valence-corrected chi connectivity index (χ1v) is 9.61. The maximum Gasteiger partial charge on any atom is 0.262 e. The van der Waals surface area contributed by atoms with Crippen molar-refractivity contribution in [2.24, 2.45) is 4.99 Å². The zero-order chi connectivity index (χ0) is 19.1. The topological polar surface area (TPSA) is 70.1 Å². The van der Waals surface area contributed by atoms with E-state index in [9.17, 15) is 14.4 Å². The Hall–Kier alpha value is -2.35. The molecule has 0 N–H and O–H groups in total. The number of amidine groups is 1. The van der Waals surface area contributed by atoms with E-state index in [1.54, 1.807) is 42.5 Å². The lowest BCUT2D eigenvalue weighted by molar-refractivity contribution is -0.127. The number of benzene rings is 2. The highest BCUT2D eigenvalue weighted by Gasteiger charge is 2.39. The van der Waals surface area contributed by atoms with E-state index < -0.39 is 11.8 Å². The summed E-state index contributed by atoms with van der Waals surface area (Å²) in [4.78, 5) is 44.1. The van der Waals surface area contributed by atoms with Gasteiger partial charge in [-0.2, -0.15) is 0 Å². The lowest BCUT2D eigenvalue weighted by Gasteiger charge is -2.32. The van der Waals surface area contributed by atoms with Crippen LogP contribution in [0.25, 0.3) is 0 Å². The highest BCUT2D eigenvalue weighted by Crippen LogP contribution is 2.31. The van der Waals surface area contributed by atoms with Gasteiger partial charge < -0.3 is 0 Å². The minimum Gasteiger partial charge on any atom is -0.279 e. The highest BCUT2D eigenvalue weighted by atomic mass is 35.5. The maximum absolute atomic E-state index is 12.6. The van der Waals surface area contributed by atoms with Gasteiger partial charge in [0.05, 0.1) is 22.7 Å². The van der Waals surface area contributed by atoms with E-state index in [1.807, 2.05) is 0 Å². The molecule has 2 aliphatic rings. The van der Waals surface area contributed by atoms with Gasteiger partial charge in [0.1, 0.15) is 6.54 Å². The molecule has 0 unspecified atom stereocenters. The summed E-state index contributed by atoms with van der Waals surface area (Å²) < 4.78 is 0. The number of aliphatic imine (C=N–C) groups is 1. The van der Waals surface area contributed by atoms with Crippen LogP contribution in [-0.4, -0.2) is 45.1 Å². The summed E-state index contributed by atoms with van der Waals surface area (Å²) in [7, 11) is 0. The van der Waals surface area contributed by atoms with Gasteiger partial charge in [-0.05, 0) is 30.3 Å². The van der Waals surface area contributed by atoms with Gasteiger partial charge >= 0.3 is 0 Å². The molecule has 136 valence electrons. The second kappa shape index (κ2) is 6.99. The molecule has 2 heterocycles. The molecular weight excluding hydrogens is 409 g/mol. The van der Waals surface area contributed by atoms with Crippen molar-refractivity contribution in [2.75, 3.05) is 12.4 Å². The Labute approximate surface area is 168 Å². The third kappa shape index (κ3) is 3.34. The van der Waals surface area contributed by atoms with Crippen LogP contribution in [0.15, 0.2) is 47.5 Å². The second-order valence-electron chi connectivity index (χ2n) is 5.86. The molecule has 0 spiro atoms. The van der Waals surface area contributed by atoms with Crippen molar-refractivity contribution >= 4 is 63.5 Å². The second-order valence-corrected chi connectivity index (χ2v) is 7.64. The number of thioether (sulfide) groups is 1. The lowest BCUT2D eigenvalue weighted by atomic mass is 10.1. The monoisotopic (exact) mass is 419 g/mol. The molecule has 0 aliphatic carbocycles. The van der Waals surface area contributed by atoms with Gasteiger partial charge in [0.2, 0.25) is 5.91 Å². The summed E-state index contributed by atoms with van der Waals surface area (Å²) in [6, 6.07) is 11.4. The van der Waals surface area contributed by atoms with E-state index in [1.165, 1.54) is 16.7 Å². The number of carbonyl (C=O) groups is 3. The Balaban J connectivity index is 1.50. The van der Waals surface area contributed by atoms with Crippen molar-refractivity contribution in [3.63, 3.8) is 0 Å². The molecule has 0 saturated carbocycles. The molecule has 27 heavy (non-hydrogen) atoms. The molecule has 3 amide bonds. The zero-order valence-corrected chi connectivity index (χ0v) is 16.0. The molecular formula is C18H11Cl2N3O3S. The number of hydrogen-bond donors (Lipinski definition) is 0. The molecule has 0 bridgehead atoms. The quantitative estimate of drug-likeness (QED) is 0.709. The molecule has 0 radical (unpaired) electrons. The Morgan fingerprint density at radius 2 is 1.63 bits per heavy atom. The van der Waals surface area contributed by atoms with Crippen LogP contribution < -0.4 is 0 Å². The molecule has 0 aromatic heterocycles. The number of carbonyl (C=O) groups excluding carboxylic acids is 3. The summed E-state index contributed by atoms with van der Waals surface area (Å²) in [5, 5.41) is 1.35. The molecule has 2 aliphatic heterocycles. The summed E-state index contributed by atoms with van der Waals surface area (Å²) in [6.07, 6.45) is 0. The van der Waals surface area contributed by atoms with E-state index in [4.69, 9.17) is 23.2 Å². The fraction of sp³-hybridized carbons (Fsp3) is 0.111. The predicted octanol–water partition coefficient (Wildman–Crippen LogP) is 3.81. The third-order valence-corrected chi connectivity index (χ3v) is 5.49. The van der Waals surface area contributed by atoms with Gasteiger partial charge in [-0.1, -0.05) is 47.1 Å². The van der Waals surface area contributed by atoms with Crippen LogP contribution in [0, 0.1) is 0 Å². The molecule has 1 saturated heterocycles. The maximum atomic E-state index is 12.6. The number of hydrogen-bond acceptors (Lipinski definition) is 5. The summed E-state index contributed by atoms with van der Waals surface area (Å²) in [5.74, 6) is -0.903. The molecule has 2 aromatic rings. The van der Waals surface area contributed by atoms with Crippen molar-refractivity contribution in [2.45, 2.75) is 0 Å². The highest BCUT2D eigenvalue weighted by molar-refractivity contribution is 8.15. The fourth-order valence-corrected chi connectivity index (χ4v) is 4.08. The van der Waals surface area contributed by atoms with E-state index in [2.05, 4.69) is 4.99 Å². The van der Waals surface area contributed by atoms with Gasteiger partial charge in [0.15, 0.2) is 5.17 Å². The number of imide groups is 1. The van der Waals surface area contributed by atoms with E-state index in [0.29, 0.717) is 37.9 Å². The standard InChI is InChI=1S/C18H11Cl2N3O3S/c19-10-5-11(20)7-12(6-10)21-18-23(9-27-18)15(24)8-22-16(25)13-3-1-2-4-14(13)17(22)26/h1-7H,8-9H2/b21-18-. The van der Waals surface area contributed by atoms with Crippen LogP contribution in [0.5, 0.6) is 0 Å². The molecule has 2 aromatic carbocycles. The first-order chi connectivity index (χ1) is 12.9. The summed E-state index contributed by atoms with van der Waals surface area (Å²) in [6.45, 7) is -0.331. The van der Waals surface area contributed by atoms with Crippen molar-refractivity contribution < 1.29 is 14.4 Å². The number of amides is 3. The first kappa shape index (κ1) is 18.0. The molecule has 6 nitrogen and oxygen atoms in total. The molecule has 4 rings (SSSR count). The number of fused-ring (bicyclic) bond motifs is 1. The normalized spacial score (nSPS) is 17.3. The van der Waals surface area contributed by atoms with Crippen LogP contribution in [0.2, 0.25) is 10.0 Å².